The summed E-state index contributed by atoms with van der Waals surface area (Å²) < 4.78 is 22.0. The van der Waals surface area contributed by atoms with Gasteiger partial charge in [-0.1, -0.05) is 18.2 Å². The molecule has 3 aromatic carbocycles. The molecule has 3 amide bonds. The van der Waals surface area contributed by atoms with Crippen LogP contribution in [0.4, 0.5) is 9.59 Å². The van der Waals surface area contributed by atoms with Crippen molar-refractivity contribution in [2.45, 2.75) is 102 Å². The number of fused-ring (bicyclic) bond motifs is 6. The van der Waals surface area contributed by atoms with E-state index >= 15 is 0 Å². The lowest BCUT2D eigenvalue weighted by Crippen LogP contribution is -2.55. The first kappa shape index (κ1) is 41.7. The van der Waals surface area contributed by atoms with Crippen LogP contribution in [-0.4, -0.2) is 123 Å². The molecule has 3 aliphatic rings. The van der Waals surface area contributed by atoms with E-state index < -0.39 is 36.5 Å². The summed E-state index contributed by atoms with van der Waals surface area (Å²) in [6.45, 7) is 6.47. The Morgan fingerprint density at radius 1 is 0.951 bits per heavy atom. The van der Waals surface area contributed by atoms with Crippen LogP contribution in [0.25, 0.3) is 44.2 Å². The Morgan fingerprint density at radius 2 is 1.74 bits per heavy atom. The standard InChI is InChI=1S/C44H52N8O9/c1-22-7-13-34(51(22)19-33(48-43(55)56)37(20-53)59-5)41-46-31-12-10-25-16-30-28-11-9-26(15-27(28)21-61-36(30)17-29(25)39(31)49-41)32-18-45-40(47-32)35-14-8-23(2)52(35)42(54)38(24(3)58-4)50-44(57)60-6/h9-12,15-18,20,22-24,33-35,37-38,48H,7-8,13-14,19,21H2,1-6H3,(H,45,47)(H,46,49)(H,50,57)(H,55,56)/t22-,23-,24+,33-,34-,35-,37-,38-/m0/s1. The number of amides is 3. The molecule has 17 nitrogen and oxygen atoms in total. The van der Waals surface area contributed by atoms with Crippen LogP contribution in [0, 0.1) is 0 Å². The number of nitrogens with zero attached hydrogens (tertiary/aromatic N) is 4. The number of hydrogen-bond donors (Lipinski definition) is 5. The Morgan fingerprint density at radius 3 is 2.48 bits per heavy atom. The summed E-state index contributed by atoms with van der Waals surface area (Å²) in [5, 5.41) is 16.6. The minimum Gasteiger partial charge on any atom is -0.488 e. The Labute approximate surface area is 352 Å². The van der Waals surface area contributed by atoms with Gasteiger partial charge in [0.2, 0.25) is 5.91 Å². The number of carbonyl (C=O) groups is 4. The number of alkyl carbamates (subject to hydrolysis) is 1. The predicted octanol–water partition coefficient (Wildman–Crippen LogP) is 5.85. The van der Waals surface area contributed by atoms with Gasteiger partial charge in [0.1, 0.15) is 36.2 Å². The molecule has 0 saturated carbocycles. The minimum absolute atomic E-state index is 0.0749. The van der Waals surface area contributed by atoms with Crippen molar-refractivity contribution in [1.29, 1.82) is 0 Å². The Bertz CT molecular complexity index is 2470. The van der Waals surface area contributed by atoms with E-state index in [-0.39, 0.29) is 36.6 Å². The van der Waals surface area contributed by atoms with Gasteiger partial charge in [-0.2, -0.15) is 0 Å². The fraction of sp³-hybridized carbons (Fsp3) is 0.455. The molecule has 0 spiro atoms. The van der Waals surface area contributed by atoms with Gasteiger partial charge in [-0.15, -0.1) is 0 Å². The summed E-state index contributed by atoms with van der Waals surface area (Å²) in [5.41, 5.74) is 6.51. The van der Waals surface area contributed by atoms with Crippen LogP contribution in [0.5, 0.6) is 5.75 Å². The van der Waals surface area contributed by atoms with E-state index in [2.05, 4.69) is 68.8 Å². The number of nitrogens with one attached hydrogen (secondary N) is 4. The third-order valence-electron chi connectivity index (χ3n) is 12.7. The van der Waals surface area contributed by atoms with Crippen LogP contribution in [0.1, 0.15) is 75.8 Å². The number of H-pyrrole nitrogens is 2. The number of aromatic nitrogens is 4. The van der Waals surface area contributed by atoms with Crippen molar-refractivity contribution < 1.29 is 43.2 Å². The van der Waals surface area contributed by atoms with Gasteiger partial charge >= 0.3 is 12.2 Å². The third kappa shape index (κ3) is 7.88. The van der Waals surface area contributed by atoms with Crippen molar-refractivity contribution in [1.82, 2.24) is 40.4 Å². The van der Waals surface area contributed by atoms with Gasteiger partial charge in [0, 0.05) is 43.8 Å². The molecule has 2 saturated heterocycles. The molecular formula is C44H52N8O9. The zero-order chi connectivity index (χ0) is 43.1. The second-order valence-corrected chi connectivity index (χ2v) is 16.3. The molecule has 8 rings (SSSR count). The fourth-order valence-corrected chi connectivity index (χ4v) is 9.34. The highest BCUT2D eigenvalue weighted by molar-refractivity contribution is 6.07. The molecule has 0 radical (unpaired) electrons. The van der Waals surface area contributed by atoms with Gasteiger partial charge in [-0.25, -0.2) is 19.6 Å². The van der Waals surface area contributed by atoms with Gasteiger partial charge in [-0.3, -0.25) is 9.69 Å². The number of aromatic amines is 2. The first-order valence-corrected chi connectivity index (χ1v) is 20.6. The van der Waals surface area contributed by atoms with E-state index in [4.69, 9.17) is 28.9 Å². The summed E-state index contributed by atoms with van der Waals surface area (Å²) in [6.07, 6.45) is 2.18. The SMILES string of the molecule is COC(=O)N[C@H](C(=O)N1[C@@H](C)CC[C@H]1c1ncc(-c2ccc3c(c2)COc2cc4c(ccc5[nH]c([C@@H]6CC[C@H](C)N6C[C@H](NC(=O)O)[C@H](C=O)OC)nc54)cc2-3)[nH]1)[C@@H](C)OC. The highest BCUT2D eigenvalue weighted by Crippen LogP contribution is 2.44. The fourth-order valence-electron chi connectivity index (χ4n) is 9.34. The number of likely N-dealkylation sites (tertiary alicyclic amines) is 2. The van der Waals surface area contributed by atoms with Crippen LogP contribution < -0.4 is 15.4 Å². The molecule has 0 aliphatic carbocycles. The van der Waals surface area contributed by atoms with Gasteiger partial charge in [0.05, 0.1) is 54.3 Å². The van der Waals surface area contributed by atoms with Gasteiger partial charge < -0.3 is 54.3 Å². The number of aldehydes is 1. The second-order valence-electron chi connectivity index (χ2n) is 16.3. The van der Waals surface area contributed by atoms with Crippen LogP contribution in [0.3, 0.4) is 0 Å². The van der Waals surface area contributed by atoms with Crippen LogP contribution in [-0.2, 0) is 30.4 Å². The zero-order valence-electron chi connectivity index (χ0n) is 35.1. The first-order chi connectivity index (χ1) is 29.4. The number of rotatable bonds is 13. The van der Waals surface area contributed by atoms with Gasteiger partial charge in [0.25, 0.3) is 0 Å². The number of hydrogen-bond acceptors (Lipinski definition) is 11. The average molecular weight is 837 g/mol. The lowest BCUT2D eigenvalue weighted by Gasteiger charge is -2.33. The molecule has 3 aliphatic heterocycles. The summed E-state index contributed by atoms with van der Waals surface area (Å²) in [5.74, 6) is 1.94. The lowest BCUT2D eigenvalue weighted by atomic mass is 9.92. The van der Waals surface area contributed by atoms with Crippen LogP contribution >= 0.6 is 0 Å². The van der Waals surface area contributed by atoms with Gasteiger partial charge in [-0.05, 0) is 92.8 Å². The van der Waals surface area contributed by atoms with Crippen LogP contribution in [0.2, 0.25) is 0 Å². The number of carbonyl (C=O) groups excluding carboxylic acids is 3. The molecule has 0 unspecified atom stereocenters. The molecule has 17 heteroatoms. The maximum atomic E-state index is 13.9. The molecule has 0 bridgehead atoms. The van der Waals surface area contributed by atoms with Gasteiger partial charge in [0.15, 0.2) is 6.29 Å². The highest BCUT2D eigenvalue weighted by atomic mass is 16.5. The number of ether oxygens (including phenoxy) is 4. The molecule has 5 N–H and O–H groups in total. The number of imidazole rings is 2. The zero-order valence-corrected chi connectivity index (χ0v) is 35.1. The molecule has 61 heavy (non-hydrogen) atoms. The average Bonchev–Trinajstić information content (AvgIpc) is 4.08. The summed E-state index contributed by atoms with van der Waals surface area (Å²) >= 11 is 0. The van der Waals surface area contributed by atoms with Crippen molar-refractivity contribution in [3.8, 4) is 28.1 Å². The molecule has 5 heterocycles. The maximum Gasteiger partial charge on any atom is 0.407 e. The molecule has 2 aromatic heterocycles. The van der Waals surface area contributed by atoms with E-state index in [0.717, 1.165) is 80.6 Å². The van der Waals surface area contributed by atoms with E-state index in [1.54, 1.807) is 18.0 Å². The Kier molecular flexibility index (Phi) is 11.7. The van der Waals surface area contributed by atoms with E-state index in [1.165, 1.54) is 21.3 Å². The molecule has 8 atom stereocenters. The Hall–Kier alpha value is -6.04. The Balaban J connectivity index is 1.04. The van der Waals surface area contributed by atoms with E-state index in [0.29, 0.717) is 25.1 Å². The second kappa shape index (κ2) is 17.1. The summed E-state index contributed by atoms with van der Waals surface area (Å²) in [6, 6.07) is 12.5. The first-order valence-electron chi connectivity index (χ1n) is 20.6. The third-order valence-corrected chi connectivity index (χ3v) is 12.7. The van der Waals surface area contributed by atoms with Crippen molar-refractivity contribution in [2.75, 3.05) is 27.9 Å². The van der Waals surface area contributed by atoms with Crippen molar-refractivity contribution in [3.05, 3.63) is 65.9 Å². The van der Waals surface area contributed by atoms with Crippen LogP contribution in [0.15, 0.2) is 48.7 Å². The number of benzene rings is 3. The van der Waals surface area contributed by atoms with E-state index in [1.807, 2.05) is 13.0 Å². The summed E-state index contributed by atoms with van der Waals surface area (Å²) in [4.78, 5) is 70.3. The van der Waals surface area contributed by atoms with Crippen molar-refractivity contribution in [3.63, 3.8) is 0 Å². The molecule has 322 valence electrons. The molecule has 5 aromatic rings. The largest absolute Gasteiger partial charge is 0.488 e. The van der Waals surface area contributed by atoms with E-state index in [9.17, 15) is 24.3 Å². The number of carboxylic acid groups (broad SMARTS) is 1. The molecule has 2 fully saturated rings. The smallest absolute Gasteiger partial charge is 0.407 e. The van der Waals surface area contributed by atoms with Crippen molar-refractivity contribution >= 4 is 46.2 Å². The molecular weight excluding hydrogens is 785 g/mol. The lowest BCUT2D eigenvalue weighted by molar-refractivity contribution is -0.139. The number of methoxy groups -OCH3 is 3. The summed E-state index contributed by atoms with van der Waals surface area (Å²) in [7, 11) is 4.15. The monoisotopic (exact) mass is 836 g/mol. The van der Waals surface area contributed by atoms with Crippen molar-refractivity contribution in [2.24, 2.45) is 0 Å². The quantitative estimate of drug-likeness (QED) is 0.0884. The topological polar surface area (TPSA) is 213 Å². The maximum absolute atomic E-state index is 13.9. The minimum atomic E-state index is -1.22. The normalized spacial score (nSPS) is 21.9. The highest BCUT2D eigenvalue weighted by Gasteiger charge is 2.42. The predicted molar refractivity (Wildman–Crippen MR) is 225 cm³/mol.